The van der Waals surface area contributed by atoms with Crippen molar-refractivity contribution in [1.29, 1.82) is 0 Å². The summed E-state index contributed by atoms with van der Waals surface area (Å²) in [7, 11) is 0. The Hall–Kier alpha value is -2.08. The van der Waals surface area contributed by atoms with Crippen LogP contribution >= 0.6 is 11.6 Å². The summed E-state index contributed by atoms with van der Waals surface area (Å²) in [5.74, 6) is 0.474. The maximum absolute atomic E-state index is 12.5. The highest BCUT2D eigenvalue weighted by Crippen LogP contribution is 2.19. The quantitative estimate of drug-likeness (QED) is 0.732. The highest BCUT2D eigenvalue weighted by atomic mass is 35.5. The van der Waals surface area contributed by atoms with E-state index in [2.05, 4.69) is 34.5 Å². The minimum Gasteiger partial charge on any atom is -0.481 e. The van der Waals surface area contributed by atoms with Gasteiger partial charge >= 0.3 is 0 Å². The molecule has 0 spiro atoms. The van der Waals surface area contributed by atoms with E-state index in [9.17, 15) is 4.79 Å². The predicted octanol–water partition coefficient (Wildman–Crippen LogP) is 3.65. The maximum Gasteiger partial charge on any atom is 0.261 e. The molecule has 1 atom stereocenters. The zero-order valence-electron chi connectivity index (χ0n) is 16.2. The van der Waals surface area contributed by atoms with Crippen molar-refractivity contribution in [2.45, 2.75) is 32.5 Å². The monoisotopic (exact) mass is 402 g/mol. The molecule has 150 valence electrons. The molecule has 1 unspecified atom stereocenters. The van der Waals surface area contributed by atoms with Gasteiger partial charge in [-0.05, 0) is 35.7 Å². The molecule has 1 aliphatic heterocycles. The number of carbonyl (C=O) groups excluding carboxylic acids is 1. The minimum absolute atomic E-state index is 0.125. The molecule has 0 bridgehead atoms. The summed E-state index contributed by atoms with van der Waals surface area (Å²) in [6, 6.07) is 15.5. The number of hydrogen-bond acceptors (Lipinski definition) is 4. The first kappa shape index (κ1) is 20.6. The lowest BCUT2D eigenvalue weighted by molar-refractivity contribution is -0.128. The van der Waals surface area contributed by atoms with Gasteiger partial charge in [-0.25, -0.2) is 0 Å². The van der Waals surface area contributed by atoms with Crippen LogP contribution in [0, 0.1) is 0 Å². The van der Waals surface area contributed by atoms with Crippen molar-refractivity contribution in [3.05, 3.63) is 64.7 Å². The fraction of sp³-hybridized carbons (Fsp3) is 0.409. The topological polar surface area (TPSA) is 50.8 Å². The summed E-state index contributed by atoms with van der Waals surface area (Å²) in [6.07, 6.45) is 0.0377. The van der Waals surface area contributed by atoms with E-state index in [4.69, 9.17) is 21.1 Å². The van der Waals surface area contributed by atoms with Gasteiger partial charge in [0.15, 0.2) is 6.10 Å². The van der Waals surface area contributed by atoms with Crippen LogP contribution in [-0.2, 0) is 22.6 Å². The molecule has 1 N–H and O–H groups in total. The number of nitrogens with zero attached hydrogens (tertiary/aromatic N) is 1. The predicted molar refractivity (Wildman–Crippen MR) is 111 cm³/mol. The molecule has 1 saturated heterocycles. The largest absolute Gasteiger partial charge is 0.481 e. The van der Waals surface area contributed by atoms with Gasteiger partial charge in [-0.15, -0.1) is 0 Å². The summed E-state index contributed by atoms with van der Waals surface area (Å²) < 4.78 is 11.2. The van der Waals surface area contributed by atoms with E-state index in [0.717, 1.165) is 38.4 Å². The van der Waals surface area contributed by atoms with Crippen molar-refractivity contribution in [3.63, 3.8) is 0 Å². The van der Waals surface area contributed by atoms with Gasteiger partial charge in [-0.1, -0.05) is 48.9 Å². The summed E-state index contributed by atoms with van der Waals surface area (Å²) in [5.41, 5.74) is 2.34. The summed E-state index contributed by atoms with van der Waals surface area (Å²) in [5, 5.41) is 3.55. The van der Waals surface area contributed by atoms with E-state index in [1.165, 1.54) is 5.56 Å². The minimum atomic E-state index is -0.543. The third kappa shape index (κ3) is 6.23. The third-order valence-electron chi connectivity index (χ3n) is 4.74. The van der Waals surface area contributed by atoms with E-state index < -0.39 is 6.10 Å². The number of carbonyl (C=O) groups is 1. The molecule has 0 aromatic heterocycles. The van der Waals surface area contributed by atoms with Crippen LogP contribution in [0.1, 0.15) is 24.5 Å². The summed E-state index contributed by atoms with van der Waals surface area (Å²) in [4.78, 5) is 14.9. The number of hydrogen-bond donors (Lipinski definition) is 1. The molecule has 1 heterocycles. The van der Waals surface area contributed by atoms with Gasteiger partial charge in [0.2, 0.25) is 0 Å². The number of nitrogens with one attached hydrogen (secondary N) is 1. The van der Waals surface area contributed by atoms with Gasteiger partial charge in [-0.2, -0.15) is 0 Å². The molecule has 2 aromatic rings. The Bertz CT molecular complexity index is 761. The van der Waals surface area contributed by atoms with Crippen molar-refractivity contribution in [3.8, 4) is 5.75 Å². The van der Waals surface area contributed by atoms with Crippen molar-refractivity contribution >= 4 is 17.5 Å². The number of ether oxygens (including phenoxy) is 2. The molecule has 5 nitrogen and oxygen atoms in total. The molecule has 0 radical (unpaired) electrons. The van der Waals surface area contributed by atoms with E-state index in [-0.39, 0.29) is 5.91 Å². The van der Waals surface area contributed by atoms with Crippen LogP contribution in [0.4, 0.5) is 0 Å². The van der Waals surface area contributed by atoms with Crippen LogP contribution in [-0.4, -0.2) is 43.2 Å². The van der Waals surface area contributed by atoms with Gasteiger partial charge in [0.1, 0.15) is 5.75 Å². The molecule has 1 aliphatic rings. The Kier molecular flexibility index (Phi) is 7.71. The lowest BCUT2D eigenvalue weighted by atomic mass is 10.1. The first-order chi connectivity index (χ1) is 13.6. The Balaban J connectivity index is 1.48. The summed E-state index contributed by atoms with van der Waals surface area (Å²) >= 11 is 5.98. The van der Waals surface area contributed by atoms with E-state index in [0.29, 0.717) is 23.7 Å². The molecule has 1 fully saturated rings. The van der Waals surface area contributed by atoms with Gasteiger partial charge in [0.25, 0.3) is 5.91 Å². The Labute approximate surface area is 171 Å². The molecule has 0 saturated carbocycles. The first-order valence-corrected chi connectivity index (χ1v) is 10.1. The average molecular weight is 403 g/mol. The standard InChI is InChI=1S/C22H27ClN2O3/c1-2-21(28-20-5-3-4-19(23)14-20)22(26)24-15-17-6-8-18(9-7-17)16-25-10-12-27-13-11-25/h3-9,14,21H,2,10-13,15-16H2,1H3,(H,24,26). The van der Waals surface area contributed by atoms with Crippen molar-refractivity contribution in [2.24, 2.45) is 0 Å². The normalized spacial score (nSPS) is 15.8. The average Bonchev–Trinajstić information content (AvgIpc) is 2.72. The van der Waals surface area contributed by atoms with Crippen molar-refractivity contribution in [1.82, 2.24) is 10.2 Å². The van der Waals surface area contributed by atoms with E-state index in [1.54, 1.807) is 24.3 Å². The van der Waals surface area contributed by atoms with Crippen LogP contribution in [0.3, 0.4) is 0 Å². The highest BCUT2D eigenvalue weighted by Gasteiger charge is 2.18. The van der Waals surface area contributed by atoms with Crippen molar-refractivity contribution < 1.29 is 14.3 Å². The first-order valence-electron chi connectivity index (χ1n) is 9.72. The Morgan fingerprint density at radius 2 is 1.89 bits per heavy atom. The fourth-order valence-electron chi connectivity index (χ4n) is 3.11. The lowest BCUT2D eigenvalue weighted by Gasteiger charge is -2.26. The van der Waals surface area contributed by atoms with Crippen LogP contribution in [0.15, 0.2) is 48.5 Å². The molecular weight excluding hydrogens is 376 g/mol. The van der Waals surface area contributed by atoms with E-state index >= 15 is 0 Å². The third-order valence-corrected chi connectivity index (χ3v) is 4.97. The Morgan fingerprint density at radius 1 is 1.18 bits per heavy atom. The molecule has 3 rings (SSSR count). The number of amides is 1. The number of rotatable bonds is 8. The zero-order valence-corrected chi connectivity index (χ0v) is 17.0. The van der Waals surface area contributed by atoms with Crippen LogP contribution in [0.5, 0.6) is 5.75 Å². The van der Waals surface area contributed by atoms with Crippen molar-refractivity contribution in [2.75, 3.05) is 26.3 Å². The second-order valence-corrected chi connectivity index (χ2v) is 7.33. The second kappa shape index (κ2) is 10.5. The lowest BCUT2D eigenvalue weighted by Crippen LogP contribution is -2.37. The Morgan fingerprint density at radius 3 is 2.57 bits per heavy atom. The maximum atomic E-state index is 12.5. The van der Waals surface area contributed by atoms with Crippen LogP contribution in [0.2, 0.25) is 5.02 Å². The fourth-order valence-corrected chi connectivity index (χ4v) is 3.29. The van der Waals surface area contributed by atoms with Gasteiger partial charge in [0.05, 0.1) is 13.2 Å². The molecule has 1 amide bonds. The number of morpholine rings is 1. The van der Waals surface area contributed by atoms with E-state index in [1.807, 2.05) is 6.92 Å². The van der Waals surface area contributed by atoms with Crippen LogP contribution < -0.4 is 10.1 Å². The molecule has 0 aliphatic carbocycles. The smallest absolute Gasteiger partial charge is 0.261 e. The summed E-state index contributed by atoms with van der Waals surface area (Å²) in [6.45, 7) is 6.90. The second-order valence-electron chi connectivity index (χ2n) is 6.89. The molecule has 28 heavy (non-hydrogen) atoms. The molecule has 6 heteroatoms. The highest BCUT2D eigenvalue weighted by molar-refractivity contribution is 6.30. The molecule has 2 aromatic carbocycles. The number of benzene rings is 2. The van der Waals surface area contributed by atoms with Gasteiger partial charge in [0, 0.05) is 31.2 Å². The van der Waals surface area contributed by atoms with Crippen LogP contribution in [0.25, 0.3) is 0 Å². The number of halogens is 1. The molecular formula is C22H27ClN2O3. The van der Waals surface area contributed by atoms with Gasteiger partial charge < -0.3 is 14.8 Å². The zero-order chi connectivity index (χ0) is 19.8. The SMILES string of the molecule is CCC(Oc1cccc(Cl)c1)C(=O)NCc1ccc(CN2CCOCC2)cc1. The van der Waals surface area contributed by atoms with Gasteiger partial charge in [-0.3, -0.25) is 9.69 Å².